The lowest BCUT2D eigenvalue weighted by Crippen LogP contribution is -2.47. The number of ether oxygens (including phenoxy) is 2. The van der Waals surface area contributed by atoms with Crippen molar-refractivity contribution in [2.45, 2.75) is 83.6 Å². The number of carbonyl (C=O) groups excluding carboxylic acids is 4. The summed E-state index contributed by atoms with van der Waals surface area (Å²) in [6.45, 7) is 9.14. The molecule has 1 aromatic heterocycles. The SMILES string of the molecule is Cc1cnc(Nc2ccc(OCCCNCC(=O)NCc3ccc(COc4cc(F)cc5c4CN(C(=O)[C@H]4CCC(=O)NC4=O)C5)cc3)cc2)nc1Nc1cccc(S(=O)(=O)NC(C)(C)C)c1. The molecule has 6 N–H and O–H groups in total. The van der Waals surface area contributed by atoms with E-state index in [0.29, 0.717) is 66.2 Å². The number of aryl methyl sites for hydroxylation is 1. The molecular weight excluding hydrogens is 882 g/mol. The second kappa shape index (κ2) is 21.1. The summed E-state index contributed by atoms with van der Waals surface area (Å²) >= 11 is 0. The van der Waals surface area contributed by atoms with E-state index in [1.165, 1.54) is 17.0 Å². The van der Waals surface area contributed by atoms with Gasteiger partial charge in [0, 0.05) is 59.8 Å². The number of fused-ring (bicyclic) bond motifs is 1. The molecule has 0 saturated carbocycles. The highest BCUT2D eigenvalue weighted by molar-refractivity contribution is 7.89. The monoisotopic (exact) mass is 935 g/mol. The molecule has 2 aliphatic heterocycles. The summed E-state index contributed by atoms with van der Waals surface area (Å²) in [7, 11) is -3.72. The molecular formula is C48H54FN9O8S. The molecule has 5 aromatic rings. The molecule has 352 valence electrons. The fourth-order valence-corrected chi connectivity index (χ4v) is 8.84. The van der Waals surface area contributed by atoms with E-state index in [2.05, 4.69) is 41.3 Å². The van der Waals surface area contributed by atoms with Gasteiger partial charge in [0.2, 0.25) is 39.6 Å². The minimum atomic E-state index is -3.72. The van der Waals surface area contributed by atoms with Crippen molar-refractivity contribution in [3.05, 3.63) is 125 Å². The van der Waals surface area contributed by atoms with Crippen molar-refractivity contribution < 1.29 is 41.5 Å². The van der Waals surface area contributed by atoms with Crippen LogP contribution in [0.15, 0.2) is 96.0 Å². The number of carbonyl (C=O) groups is 4. The van der Waals surface area contributed by atoms with Crippen LogP contribution in [0.25, 0.3) is 0 Å². The largest absolute Gasteiger partial charge is 0.494 e. The Morgan fingerprint density at radius 1 is 0.925 bits per heavy atom. The van der Waals surface area contributed by atoms with Gasteiger partial charge in [0.1, 0.15) is 35.7 Å². The molecule has 0 spiro atoms. The first-order valence-electron chi connectivity index (χ1n) is 21.8. The lowest BCUT2D eigenvalue weighted by Gasteiger charge is -2.25. The van der Waals surface area contributed by atoms with Gasteiger partial charge in [-0.2, -0.15) is 4.98 Å². The minimum Gasteiger partial charge on any atom is -0.494 e. The van der Waals surface area contributed by atoms with Gasteiger partial charge in [-0.15, -0.1) is 0 Å². The highest BCUT2D eigenvalue weighted by atomic mass is 32.2. The van der Waals surface area contributed by atoms with Crippen molar-refractivity contribution in [1.82, 2.24) is 35.5 Å². The molecule has 67 heavy (non-hydrogen) atoms. The Morgan fingerprint density at radius 2 is 1.69 bits per heavy atom. The van der Waals surface area contributed by atoms with Crippen molar-refractivity contribution in [1.29, 1.82) is 0 Å². The first-order chi connectivity index (χ1) is 32.0. The van der Waals surface area contributed by atoms with Crippen LogP contribution in [-0.4, -0.2) is 72.1 Å². The van der Waals surface area contributed by atoms with E-state index in [4.69, 9.17) is 9.47 Å². The molecule has 0 unspecified atom stereocenters. The second-order valence-corrected chi connectivity index (χ2v) is 19.1. The molecule has 0 bridgehead atoms. The normalized spacial score (nSPS) is 14.8. The smallest absolute Gasteiger partial charge is 0.241 e. The van der Waals surface area contributed by atoms with E-state index in [9.17, 15) is 32.0 Å². The number of hydrogen-bond acceptors (Lipinski definition) is 13. The lowest BCUT2D eigenvalue weighted by atomic mass is 9.97. The summed E-state index contributed by atoms with van der Waals surface area (Å²) in [6.07, 6.45) is 2.58. The third-order valence-corrected chi connectivity index (χ3v) is 12.5. The van der Waals surface area contributed by atoms with Crippen LogP contribution in [0.4, 0.5) is 27.5 Å². The van der Waals surface area contributed by atoms with Gasteiger partial charge < -0.3 is 35.6 Å². The van der Waals surface area contributed by atoms with Crippen LogP contribution >= 0.6 is 0 Å². The van der Waals surface area contributed by atoms with E-state index in [-0.39, 0.29) is 49.9 Å². The topological polar surface area (TPSA) is 222 Å². The number of benzene rings is 4. The van der Waals surface area contributed by atoms with Crippen molar-refractivity contribution in [2.24, 2.45) is 5.92 Å². The van der Waals surface area contributed by atoms with Gasteiger partial charge in [0.15, 0.2) is 0 Å². The molecule has 4 aromatic carbocycles. The van der Waals surface area contributed by atoms with Crippen LogP contribution in [0.3, 0.4) is 0 Å². The maximum atomic E-state index is 14.6. The van der Waals surface area contributed by atoms with Crippen molar-refractivity contribution in [3.63, 3.8) is 0 Å². The van der Waals surface area contributed by atoms with E-state index in [1.807, 2.05) is 55.5 Å². The van der Waals surface area contributed by atoms with Gasteiger partial charge in [0.05, 0.1) is 24.6 Å². The molecule has 7 rings (SSSR count). The van der Waals surface area contributed by atoms with Crippen molar-refractivity contribution >= 4 is 56.8 Å². The molecule has 17 nitrogen and oxygen atoms in total. The van der Waals surface area contributed by atoms with Crippen LogP contribution < -0.4 is 40.8 Å². The number of nitrogens with zero attached hydrogens (tertiary/aromatic N) is 3. The molecule has 19 heteroatoms. The molecule has 0 radical (unpaired) electrons. The average Bonchev–Trinajstić information content (AvgIpc) is 3.71. The maximum Gasteiger partial charge on any atom is 0.241 e. The molecule has 0 aliphatic carbocycles. The Balaban J connectivity index is 0.781. The highest BCUT2D eigenvalue weighted by Gasteiger charge is 2.38. The zero-order valence-corrected chi connectivity index (χ0v) is 38.5. The van der Waals surface area contributed by atoms with E-state index >= 15 is 0 Å². The highest BCUT2D eigenvalue weighted by Crippen LogP contribution is 2.34. The summed E-state index contributed by atoms with van der Waals surface area (Å²) in [6, 6.07) is 24.0. The number of rotatable bonds is 19. The van der Waals surface area contributed by atoms with E-state index < -0.39 is 45.0 Å². The Kier molecular flexibility index (Phi) is 15.1. The quantitative estimate of drug-likeness (QED) is 0.0336. The van der Waals surface area contributed by atoms with Crippen molar-refractivity contribution in [3.8, 4) is 11.5 Å². The summed E-state index contributed by atoms with van der Waals surface area (Å²) in [5.74, 6) is -1.15. The summed E-state index contributed by atoms with van der Waals surface area (Å²) < 4.78 is 54.9. The summed E-state index contributed by atoms with van der Waals surface area (Å²) in [5.41, 5.74) is 4.44. The Hall–Kier alpha value is -6.96. The predicted molar refractivity (Wildman–Crippen MR) is 248 cm³/mol. The Bertz CT molecular complexity index is 2730. The summed E-state index contributed by atoms with van der Waals surface area (Å²) in [4.78, 5) is 60.0. The molecule has 1 saturated heterocycles. The number of hydrogen-bond donors (Lipinski definition) is 6. The van der Waals surface area contributed by atoms with Gasteiger partial charge in [0.25, 0.3) is 0 Å². The van der Waals surface area contributed by atoms with E-state index in [0.717, 1.165) is 22.4 Å². The Labute approximate surface area is 388 Å². The molecule has 1 atom stereocenters. The van der Waals surface area contributed by atoms with Gasteiger partial charge in [-0.25, -0.2) is 22.5 Å². The third-order valence-electron chi connectivity index (χ3n) is 10.7. The van der Waals surface area contributed by atoms with Crippen LogP contribution in [0, 0.1) is 18.7 Å². The van der Waals surface area contributed by atoms with Gasteiger partial charge in [-0.3, -0.25) is 24.5 Å². The Morgan fingerprint density at radius 3 is 2.43 bits per heavy atom. The number of nitrogens with one attached hydrogen (secondary N) is 6. The number of halogens is 1. The number of anilines is 4. The zero-order valence-electron chi connectivity index (χ0n) is 37.7. The first kappa shape index (κ1) is 48.0. The van der Waals surface area contributed by atoms with Crippen LogP contribution in [0.1, 0.15) is 67.9 Å². The minimum absolute atomic E-state index is 0.0938. The number of imide groups is 1. The van der Waals surface area contributed by atoms with Gasteiger partial charge >= 0.3 is 0 Å². The van der Waals surface area contributed by atoms with Crippen molar-refractivity contribution in [2.75, 3.05) is 30.3 Å². The van der Waals surface area contributed by atoms with E-state index in [1.54, 1.807) is 51.2 Å². The van der Waals surface area contributed by atoms with Gasteiger partial charge in [-0.1, -0.05) is 30.3 Å². The predicted octanol–water partition coefficient (Wildman–Crippen LogP) is 5.64. The zero-order chi connectivity index (χ0) is 47.7. The fraction of sp³-hybridized carbons (Fsp3) is 0.333. The fourth-order valence-electron chi connectivity index (χ4n) is 7.37. The number of amides is 4. The standard InChI is InChI=1S/C48H54FN9O8S/c1-30-24-52-47(56-44(30)53-36-7-5-8-38(23-36)67(63,64)57-48(2,3)4)54-35-13-15-37(16-14-35)65-20-6-19-50-26-43(60)51-25-31-9-11-32(12-10-31)29-66-41-22-34(49)21-33-27-58(28-40(33)41)46(62)39-17-18-42(59)55-45(39)61/h5,7-16,21-24,39,50,57H,6,17-20,25-29H2,1-4H3,(H,51,60)(H,55,59,61)(H2,52,53,54,56)/t39-/m0/s1. The van der Waals surface area contributed by atoms with Crippen LogP contribution in [-0.2, 0) is 55.4 Å². The number of aromatic nitrogens is 2. The van der Waals surface area contributed by atoms with Crippen LogP contribution in [0.2, 0.25) is 0 Å². The molecule has 3 heterocycles. The number of sulfonamides is 1. The second-order valence-electron chi connectivity index (χ2n) is 17.4. The van der Waals surface area contributed by atoms with Gasteiger partial charge in [-0.05, 0) is 112 Å². The molecule has 4 amide bonds. The third kappa shape index (κ3) is 13.3. The maximum absolute atomic E-state index is 14.6. The number of piperidine rings is 1. The summed E-state index contributed by atoms with van der Waals surface area (Å²) in [5, 5.41) is 14.6. The lowest BCUT2D eigenvalue weighted by molar-refractivity contribution is -0.146. The average molecular weight is 936 g/mol. The molecule has 2 aliphatic rings. The van der Waals surface area contributed by atoms with Crippen LogP contribution in [0.5, 0.6) is 11.5 Å². The first-order valence-corrected chi connectivity index (χ1v) is 23.3. The molecule has 1 fully saturated rings.